The molecule has 0 spiro atoms. The second kappa shape index (κ2) is 4.55. The van der Waals surface area contributed by atoms with Crippen LogP contribution in [0.5, 0.6) is 0 Å². The number of rotatable bonds is 1. The highest BCUT2D eigenvalue weighted by Crippen LogP contribution is 2.41. The Bertz CT molecular complexity index is 578. The van der Waals surface area contributed by atoms with E-state index < -0.39 is 29.1 Å². The summed E-state index contributed by atoms with van der Waals surface area (Å²) in [5.41, 5.74) is -0.499. The van der Waals surface area contributed by atoms with Gasteiger partial charge in [0.25, 0.3) is 0 Å². The molecular formula is C14H11N3O2. The minimum atomic E-state index is -1.13. The maximum absolute atomic E-state index is 11.8. The van der Waals surface area contributed by atoms with Crippen molar-refractivity contribution < 1.29 is 9.59 Å². The van der Waals surface area contributed by atoms with Crippen LogP contribution in [0.15, 0.2) is 30.3 Å². The average Bonchev–Trinajstić information content (AvgIpc) is 2.40. The molecule has 1 aromatic rings. The van der Waals surface area contributed by atoms with Gasteiger partial charge in [-0.3, -0.25) is 14.9 Å². The minimum Gasteiger partial charge on any atom is -0.294 e. The van der Waals surface area contributed by atoms with Gasteiger partial charge in [0.1, 0.15) is 11.8 Å². The molecule has 94 valence electrons. The van der Waals surface area contributed by atoms with E-state index >= 15 is 0 Å². The third-order valence-corrected chi connectivity index (χ3v) is 3.62. The summed E-state index contributed by atoms with van der Waals surface area (Å²) in [5.74, 6) is -3.44. The molecule has 5 nitrogen and oxygen atoms in total. The summed E-state index contributed by atoms with van der Waals surface area (Å²) in [7, 11) is 0. The molecule has 1 heterocycles. The molecule has 5 heteroatoms. The zero-order valence-electron chi connectivity index (χ0n) is 10.3. The van der Waals surface area contributed by atoms with Crippen molar-refractivity contribution in [2.75, 3.05) is 0 Å². The molecule has 2 amide bonds. The number of hydrogen-bond donors (Lipinski definition) is 1. The lowest BCUT2D eigenvalue weighted by Gasteiger charge is -2.39. The van der Waals surface area contributed by atoms with Gasteiger partial charge in [-0.2, -0.15) is 10.5 Å². The fraction of sp³-hybridized carbons (Fsp3) is 0.286. The van der Waals surface area contributed by atoms with E-state index in [4.69, 9.17) is 0 Å². The average molecular weight is 253 g/mol. The molecule has 0 aliphatic carbocycles. The Hall–Kier alpha value is -2.66. The minimum absolute atomic E-state index is 0.635. The van der Waals surface area contributed by atoms with Gasteiger partial charge in [-0.1, -0.05) is 37.3 Å². The fourth-order valence-electron chi connectivity index (χ4n) is 2.49. The molecule has 1 saturated heterocycles. The maximum atomic E-state index is 11.8. The van der Waals surface area contributed by atoms with Gasteiger partial charge >= 0.3 is 0 Å². The Morgan fingerprint density at radius 3 is 1.95 bits per heavy atom. The second-order valence-electron chi connectivity index (χ2n) is 4.63. The van der Waals surface area contributed by atoms with E-state index in [0.29, 0.717) is 5.56 Å². The maximum Gasteiger partial charge on any atom is 0.244 e. The van der Waals surface area contributed by atoms with Crippen molar-refractivity contribution in [1.29, 1.82) is 10.5 Å². The van der Waals surface area contributed by atoms with E-state index in [0.717, 1.165) is 0 Å². The van der Waals surface area contributed by atoms with Crippen molar-refractivity contribution in [1.82, 2.24) is 5.32 Å². The van der Waals surface area contributed by atoms with E-state index in [1.165, 1.54) is 0 Å². The van der Waals surface area contributed by atoms with Crippen molar-refractivity contribution in [3.8, 4) is 12.1 Å². The van der Waals surface area contributed by atoms with Gasteiger partial charge < -0.3 is 0 Å². The number of benzene rings is 1. The number of imide groups is 1. The fourth-order valence-corrected chi connectivity index (χ4v) is 2.49. The second-order valence-corrected chi connectivity index (χ2v) is 4.63. The molecule has 0 unspecified atom stereocenters. The molecule has 1 aromatic carbocycles. The van der Waals surface area contributed by atoms with E-state index in [1.54, 1.807) is 37.3 Å². The van der Waals surface area contributed by atoms with Crippen LogP contribution in [0.3, 0.4) is 0 Å². The lowest BCUT2D eigenvalue weighted by atomic mass is 9.62. The van der Waals surface area contributed by atoms with Gasteiger partial charge in [-0.05, 0) is 5.56 Å². The molecular weight excluding hydrogens is 242 g/mol. The predicted molar refractivity (Wildman–Crippen MR) is 65.1 cm³/mol. The first-order valence-electron chi connectivity index (χ1n) is 5.75. The van der Waals surface area contributed by atoms with Crippen LogP contribution in [0.2, 0.25) is 0 Å². The van der Waals surface area contributed by atoms with E-state index in [9.17, 15) is 20.1 Å². The SMILES string of the molecule is CC1(c2ccccc2)[C@@H](C#N)C(=O)NC(=O)[C@@H]1C#N. The smallest absolute Gasteiger partial charge is 0.244 e. The van der Waals surface area contributed by atoms with E-state index in [2.05, 4.69) is 5.32 Å². The van der Waals surface area contributed by atoms with Crippen LogP contribution in [0, 0.1) is 34.5 Å². The van der Waals surface area contributed by atoms with E-state index in [-0.39, 0.29) is 0 Å². The zero-order valence-corrected chi connectivity index (χ0v) is 10.3. The third kappa shape index (κ3) is 1.76. The number of carbonyl (C=O) groups excluding carboxylic acids is 2. The highest BCUT2D eigenvalue weighted by Gasteiger charge is 2.54. The number of piperidine rings is 1. The highest BCUT2D eigenvalue weighted by molar-refractivity contribution is 6.04. The largest absolute Gasteiger partial charge is 0.294 e. The van der Waals surface area contributed by atoms with Crippen LogP contribution in [-0.2, 0) is 15.0 Å². The summed E-state index contributed by atoms with van der Waals surface area (Å²) in [6, 6.07) is 12.6. The number of carbonyl (C=O) groups is 2. The van der Waals surface area contributed by atoms with Gasteiger partial charge in [-0.25, -0.2) is 0 Å². The van der Waals surface area contributed by atoms with Gasteiger partial charge in [0.15, 0.2) is 0 Å². The summed E-state index contributed by atoms with van der Waals surface area (Å²) in [4.78, 5) is 23.6. The van der Waals surface area contributed by atoms with Gasteiger partial charge in [0.05, 0.1) is 12.1 Å². The molecule has 0 radical (unpaired) electrons. The normalized spacial score (nSPS) is 25.0. The monoisotopic (exact) mass is 253 g/mol. The lowest BCUT2D eigenvalue weighted by Crippen LogP contribution is -2.58. The molecule has 19 heavy (non-hydrogen) atoms. The quantitative estimate of drug-likeness (QED) is 0.752. The molecule has 0 bridgehead atoms. The number of nitriles is 2. The molecule has 1 fully saturated rings. The number of hydrogen-bond acceptors (Lipinski definition) is 4. The van der Waals surface area contributed by atoms with Crippen LogP contribution in [0.25, 0.3) is 0 Å². The summed E-state index contributed by atoms with van der Waals surface area (Å²) >= 11 is 0. The first kappa shape index (κ1) is 12.8. The Kier molecular flexibility index (Phi) is 3.06. The standard InChI is InChI=1S/C14H11N3O2/c1-14(9-5-3-2-4-6-9)10(7-15)12(18)17-13(19)11(14)8-16/h2-6,10-11H,1H3,(H,17,18,19)/t10-,11-/m0/s1. The Morgan fingerprint density at radius 2 is 1.53 bits per heavy atom. The molecule has 0 aromatic heterocycles. The van der Waals surface area contributed by atoms with Crippen molar-refractivity contribution in [2.24, 2.45) is 11.8 Å². The molecule has 2 rings (SSSR count). The van der Waals surface area contributed by atoms with Crippen LogP contribution < -0.4 is 5.32 Å². The first-order valence-corrected chi connectivity index (χ1v) is 5.75. The first-order chi connectivity index (χ1) is 9.05. The predicted octanol–water partition coefficient (Wildman–Crippen LogP) is 0.880. The Labute approximate surface area is 110 Å². The van der Waals surface area contributed by atoms with Gasteiger partial charge in [0.2, 0.25) is 11.8 Å². The van der Waals surface area contributed by atoms with Crippen molar-refractivity contribution >= 4 is 11.8 Å². The molecule has 1 aliphatic rings. The molecule has 2 atom stereocenters. The van der Waals surface area contributed by atoms with Crippen molar-refractivity contribution in [2.45, 2.75) is 12.3 Å². The zero-order chi connectivity index (χ0) is 14.0. The topological polar surface area (TPSA) is 93.8 Å². The summed E-state index contributed by atoms with van der Waals surface area (Å²) < 4.78 is 0. The Morgan fingerprint density at radius 1 is 1.05 bits per heavy atom. The van der Waals surface area contributed by atoms with Crippen molar-refractivity contribution in [3.63, 3.8) is 0 Å². The highest BCUT2D eigenvalue weighted by atomic mass is 16.2. The third-order valence-electron chi connectivity index (χ3n) is 3.62. The number of nitrogens with zero attached hydrogens (tertiary/aromatic N) is 2. The lowest BCUT2D eigenvalue weighted by molar-refractivity contribution is -0.140. The van der Waals surface area contributed by atoms with Crippen LogP contribution >= 0.6 is 0 Å². The van der Waals surface area contributed by atoms with Crippen LogP contribution in [0.4, 0.5) is 0 Å². The van der Waals surface area contributed by atoms with Crippen LogP contribution in [-0.4, -0.2) is 11.8 Å². The number of nitrogens with one attached hydrogen (secondary N) is 1. The summed E-state index contributed by atoms with van der Waals surface area (Å²) in [6.45, 7) is 1.61. The van der Waals surface area contributed by atoms with Gasteiger partial charge in [0, 0.05) is 5.41 Å². The molecule has 0 saturated carbocycles. The van der Waals surface area contributed by atoms with Crippen LogP contribution in [0.1, 0.15) is 12.5 Å². The summed E-state index contributed by atoms with van der Waals surface area (Å²) in [5, 5.41) is 20.5. The summed E-state index contributed by atoms with van der Waals surface area (Å²) in [6.07, 6.45) is 0. The number of amides is 2. The Balaban J connectivity index is 2.65. The molecule has 1 aliphatic heterocycles. The van der Waals surface area contributed by atoms with E-state index in [1.807, 2.05) is 12.1 Å². The van der Waals surface area contributed by atoms with Gasteiger partial charge in [-0.15, -0.1) is 0 Å². The molecule has 1 N–H and O–H groups in total. The van der Waals surface area contributed by atoms with Crippen molar-refractivity contribution in [3.05, 3.63) is 35.9 Å².